The minimum Gasteiger partial charge on any atom is -1.00 e. The van der Waals surface area contributed by atoms with E-state index in [1.54, 1.807) is 11.1 Å². The minimum absolute atomic E-state index is 0. The second-order valence-electron chi connectivity index (χ2n) is 8.15. The van der Waals surface area contributed by atoms with E-state index in [1.165, 1.54) is 11.1 Å². The van der Waals surface area contributed by atoms with Gasteiger partial charge < -0.3 is 24.8 Å². The molecule has 2 aromatic rings. The molecule has 2 unspecified atom stereocenters. The van der Waals surface area contributed by atoms with Gasteiger partial charge in [0.15, 0.2) is 0 Å². The van der Waals surface area contributed by atoms with E-state index >= 15 is 0 Å². The summed E-state index contributed by atoms with van der Waals surface area (Å²) < 4.78 is 3.22. The fraction of sp³-hybridized carbons (Fsp3) is 0.320. The fourth-order valence-corrected chi connectivity index (χ4v) is 15.4. The Bertz CT molecular complexity index is 848. The normalized spacial score (nSPS) is 18.2. The number of halogens is 2. The molecule has 0 saturated carbocycles. The summed E-state index contributed by atoms with van der Waals surface area (Å²) in [5.41, 5.74) is 6.05. The molecule has 0 fully saturated rings. The molecule has 2 aliphatic carbocycles. The topological polar surface area (TPSA) is 0 Å². The second kappa shape index (κ2) is 9.84. The van der Waals surface area contributed by atoms with E-state index in [1.807, 2.05) is 3.21 Å². The molecule has 0 aliphatic heterocycles. The molecule has 0 saturated heterocycles. The Morgan fingerprint density at radius 1 is 0.679 bits per heavy atom. The number of allylic oxidation sites excluding steroid dienone is 2. The molecule has 28 heavy (non-hydrogen) atoms. The third kappa shape index (κ3) is 4.23. The zero-order chi connectivity index (χ0) is 18.3. The van der Waals surface area contributed by atoms with Gasteiger partial charge in [-0.25, -0.2) is 0 Å². The van der Waals surface area contributed by atoms with Crippen LogP contribution in [0.15, 0.2) is 60.7 Å². The van der Waals surface area contributed by atoms with Crippen molar-refractivity contribution in [2.24, 2.45) is 11.8 Å². The van der Waals surface area contributed by atoms with Gasteiger partial charge in [-0.2, -0.15) is 0 Å². The first-order chi connectivity index (χ1) is 12.6. The summed E-state index contributed by atoms with van der Waals surface area (Å²) in [7, 11) is 0. The van der Waals surface area contributed by atoms with Gasteiger partial charge in [-0.3, -0.25) is 0 Å². The quantitative estimate of drug-likeness (QED) is 0.590. The molecule has 2 atom stereocenters. The SMILES string of the molecule is CC(C)[C](C(C)C)=[Zr+2]([CH]1C=Cc2ccccc21)[CH]1C=Cc2ccccc21.[Cl-].[Cl-]. The first-order valence-corrected chi connectivity index (χ1v) is 13.9. The molecule has 4 rings (SSSR count). The molecule has 0 amide bonds. The molecule has 0 heterocycles. The minimum atomic E-state index is -2.05. The van der Waals surface area contributed by atoms with E-state index in [9.17, 15) is 0 Å². The Morgan fingerprint density at radius 2 is 1.07 bits per heavy atom. The molecular formula is C25H28Cl2Zr. The van der Waals surface area contributed by atoms with E-state index in [0.717, 1.165) is 0 Å². The van der Waals surface area contributed by atoms with Crippen molar-refractivity contribution in [1.29, 1.82) is 0 Å². The zero-order valence-corrected chi connectivity index (χ0v) is 21.0. The Morgan fingerprint density at radius 3 is 1.46 bits per heavy atom. The molecule has 0 radical (unpaired) electrons. The van der Waals surface area contributed by atoms with Gasteiger partial charge >= 0.3 is 166 Å². The third-order valence-electron chi connectivity index (χ3n) is 5.85. The summed E-state index contributed by atoms with van der Waals surface area (Å²) in [6, 6.07) is 18.1. The summed E-state index contributed by atoms with van der Waals surface area (Å²) in [5.74, 6) is 1.35. The van der Waals surface area contributed by atoms with Gasteiger partial charge in [0, 0.05) is 0 Å². The molecule has 2 aliphatic rings. The largest absolute Gasteiger partial charge is 1.00 e. The molecule has 0 nitrogen and oxygen atoms in total. The molecule has 3 heteroatoms. The van der Waals surface area contributed by atoms with E-state index in [-0.39, 0.29) is 24.8 Å². The van der Waals surface area contributed by atoms with E-state index in [2.05, 4.69) is 101 Å². The molecular weight excluding hydrogens is 462 g/mol. The maximum absolute atomic E-state index is 2.54. The van der Waals surface area contributed by atoms with Gasteiger partial charge in [0.1, 0.15) is 0 Å². The van der Waals surface area contributed by atoms with Crippen molar-refractivity contribution in [3.05, 3.63) is 82.9 Å². The molecule has 2 aromatic carbocycles. The summed E-state index contributed by atoms with van der Waals surface area (Å²) in [4.78, 5) is 0. The van der Waals surface area contributed by atoms with Gasteiger partial charge in [-0.15, -0.1) is 0 Å². The average Bonchev–Trinajstić information content (AvgIpc) is 3.23. The maximum atomic E-state index is 2.54. The number of fused-ring (bicyclic) bond motifs is 2. The van der Waals surface area contributed by atoms with Gasteiger partial charge in [-0.05, 0) is 0 Å². The summed E-state index contributed by atoms with van der Waals surface area (Å²) in [6.45, 7) is 9.69. The van der Waals surface area contributed by atoms with Crippen molar-refractivity contribution in [2.45, 2.75) is 34.9 Å². The Kier molecular flexibility index (Phi) is 8.27. The van der Waals surface area contributed by atoms with Crippen LogP contribution in [0, 0.1) is 11.8 Å². The van der Waals surface area contributed by atoms with Gasteiger partial charge in [-0.1, -0.05) is 0 Å². The van der Waals surface area contributed by atoms with Crippen LogP contribution in [0.2, 0.25) is 0 Å². The zero-order valence-electron chi connectivity index (χ0n) is 17.0. The molecule has 0 spiro atoms. The monoisotopic (exact) mass is 488 g/mol. The summed E-state index contributed by atoms with van der Waals surface area (Å²) >= 11 is -2.05. The van der Waals surface area contributed by atoms with E-state index in [4.69, 9.17) is 0 Å². The van der Waals surface area contributed by atoms with Crippen LogP contribution >= 0.6 is 0 Å². The first kappa shape index (κ1) is 23.5. The predicted octanol–water partition coefficient (Wildman–Crippen LogP) is 0.633. The molecule has 0 aromatic heterocycles. The van der Waals surface area contributed by atoms with Crippen molar-refractivity contribution in [3.63, 3.8) is 0 Å². The third-order valence-corrected chi connectivity index (χ3v) is 16.1. The fourth-order valence-electron chi connectivity index (χ4n) is 4.93. The standard InChI is InChI=1S/2C9H7.C7H14.2ClH.Zr/c2*1-2-5-9-7-3-6-8(9)4-1;1-6(2)5-7(3)4;;;/h2*1-7H;6-7H,1-4H3;2*1H;/q;;;;;+2/p-2. The number of benzene rings is 2. The second-order valence-corrected chi connectivity index (χ2v) is 14.9. The smallest absolute Gasteiger partial charge is 1.00 e. The van der Waals surface area contributed by atoms with Gasteiger partial charge in [0.05, 0.1) is 0 Å². The van der Waals surface area contributed by atoms with Crippen molar-refractivity contribution < 1.29 is 46.1 Å². The van der Waals surface area contributed by atoms with Gasteiger partial charge in [0.25, 0.3) is 0 Å². The number of hydrogen-bond donors (Lipinski definition) is 0. The van der Waals surface area contributed by atoms with E-state index < -0.39 is 21.3 Å². The van der Waals surface area contributed by atoms with Crippen LogP contribution < -0.4 is 24.8 Å². The molecule has 0 N–H and O–H groups in total. The average molecular weight is 491 g/mol. The van der Waals surface area contributed by atoms with Crippen LogP contribution in [0.4, 0.5) is 0 Å². The van der Waals surface area contributed by atoms with E-state index in [0.29, 0.717) is 19.1 Å². The number of hydrogen-bond acceptors (Lipinski definition) is 0. The first-order valence-electron chi connectivity index (χ1n) is 9.86. The van der Waals surface area contributed by atoms with Crippen LogP contribution in [0.5, 0.6) is 0 Å². The van der Waals surface area contributed by atoms with Crippen LogP contribution in [0.3, 0.4) is 0 Å². The Labute approximate surface area is 190 Å². The Balaban J connectivity index is 0.00000140. The summed E-state index contributed by atoms with van der Waals surface area (Å²) in [6.07, 6.45) is 9.84. The molecule has 0 bridgehead atoms. The number of rotatable bonds is 4. The van der Waals surface area contributed by atoms with Crippen LogP contribution in [0.25, 0.3) is 12.2 Å². The predicted molar refractivity (Wildman–Crippen MR) is 111 cm³/mol. The van der Waals surface area contributed by atoms with Crippen molar-refractivity contribution in [3.8, 4) is 0 Å². The van der Waals surface area contributed by atoms with Crippen LogP contribution in [-0.4, -0.2) is 3.21 Å². The Hall–Kier alpha value is -0.747. The van der Waals surface area contributed by atoms with Crippen LogP contribution in [0.1, 0.15) is 57.2 Å². The van der Waals surface area contributed by atoms with Gasteiger partial charge in [0.2, 0.25) is 0 Å². The van der Waals surface area contributed by atoms with Crippen LogP contribution in [-0.2, 0) is 21.3 Å². The summed E-state index contributed by atoms with van der Waals surface area (Å²) in [5, 5.41) is 0. The maximum Gasteiger partial charge on any atom is -1.00 e. The van der Waals surface area contributed by atoms with Crippen molar-refractivity contribution in [1.82, 2.24) is 0 Å². The van der Waals surface area contributed by atoms with Crippen molar-refractivity contribution in [2.75, 3.05) is 0 Å². The molecule has 146 valence electrons. The van der Waals surface area contributed by atoms with Crippen molar-refractivity contribution >= 4 is 15.4 Å².